The predicted octanol–water partition coefficient (Wildman–Crippen LogP) is 3.69. The number of fused-ring (bicyclic) bond motifs is 1. The summed E-state index contributed by atoms with van der Waals surface area (Å²) in [6, 6.07) is 4.05. The third-order valence-electron chi connectivity index (χ3n) is 3.59. The zero-order chi connectivity index (χ0) is 16.2. The van der Waals surface area contributed by atoms with Crippen LogP contribution in [0.5, 0.6) is 5.75 Å². The fourth-order valence-corrected chi connectivity index (χ4v) is 2.48. The van der Waals surface area contributed by atoms with E-state index in [0.29, 0.717) is 24.7 Å². The maximum absolute atomic E-state index is 14.2. The van der Waals surface area contributed by atoms with Crippen molar-refractivity contribution in [3.8, 4) is 5.75 Å². The lowest BCUT2D eigenvalue weighted by atomic mass is 10.0. The van der Waals surface area contributed by atoms with E-state index in [4.69, 9.17) is 13.9 Å². The Labute approximate surface area is 132 Å². The van der Waals surface area contributed by atoms with Gasteiger partial charge in [-0.25, -0.2) is 4.39 Å². The summed E-state index contributed by atoms with van der Waals surface area (Å²) in [5.74, 6) is 0.0933. The third-order valence-corrected chi connectivity index (χ3v) is 3.59. The second-order valence-corrected chi connectivity index (χ2v) is 5.23. The second-order valence-electron chi connectivity index (χ2n) is 5.23. The first-order chi connectivity index (χ1) is 11.2. The standard InChI is InChI=1S/C18H17FO4/c1-21-7-8-22-13-9-14(19)18-15(20)11-16(23-17(18)10-13)12-5-3-2-4-6-12/h3,5-6,9-11H,2,4,7-8H2,1H3. The highest BCUT2D eigenvalue weighted by atomic mass is 19.1. The first-order valence-corrected chi connectivity index (χ1v) is 7.45. The molecule has 120 valence electrons. The monoisotopic (exact) mass is 316 g/mol. The molecule has 1 aromatic carbocycles. The molecular weight excluding hydrogens is 299 g/mol. The molecule has 23 heavy (non-hydrogen) atoms. The van der Waals surface area contributed by atoms with Crippen molar-refractivity contribution in [3.05, 3.63) is 58.2 Å². The van der Waals surface area contributed by atoms with Crippen molar-refractivity contribution in [1.29, 1.82) is 0 Å². The van der Waals surface area contributed by atoms with Gasteiger partial charge in [-0.1, -0.05) is 18.2 Å². The van der Waals surface area contributed by atoms with E-state index in [2.05, 4.69) is 0 Å². The molecule has 0 radical (unpaired) electrons. The lowest BCUT2D eigenvalue weighted by Crippen LogP contribution is -2.07. The smallest absolute Gasteiger partial charge is 0.196 e. The van der Waals surface area contributed by atoms with E-state index < -0.39 is 11.2 Å². The number of halogens is 1. The Hall–Kier alpha value is -2.40. The van der Waals surface area contributed by atoms with Crippen molar-refractivity contribution in [1.82, 2.24) is 0 Å². The molecule has 1 heterocycles. The summed E-state index contributed by atoms with van der Waals surface area (Å²) in [7, 11) is 1.56. The lowest BCUT2D eigenvalue weighted by Gasteiger charge is -2.10. The summed E-state index contributed by atoms with van der Waals surface area (Å²) in [4.78, 5) is 12.2. The zero-order valence-corrected chi connectivity index (χ0v) is 12.8. The molecule has 4 nitrogen and oxygen atoms in total. The van der Waals surface area contributed by atoms with Crippen molar-refractivity contribution in [2.45, 2.75) is 12.8 Å². The van der Waals surface area contributed by atoms with Crippen LogP contribution in [0, 0.1) is 5.82 Å². The van der Waals surface area contributed by atoms with Gasteiger partial charge in [0.05, 0.1) is 6.61 Å². The Bertz CT molecular complexity index is 833. The maximum Gasteiger partial charge on any atom is 0.196 e. The topological polar surface area (TPSA) is 48.7 Å². The molecule has 0 amide bonds. The number of rotatable bonds is 5. The van der Waals surface area contributed by atoms with Crippen LogP contribution in [0.1, 0.15) is 18.6 Å². The van der Waals surface area contributed by atoms with Gasteiger partial charge in [-0.2, -0.15) is 0 Å². The summed E-state index contributed by atoms with van der Waals surface area (Å²) in [6.07, 6.45) is 7.78. The van der Waals surface area contributed by atoms with Crippen LogP contribution in [-0.2, 0) is 4.74 Å². The van der Waals surface area contributed by atoms with Gasteiger partial charge in [0.1, 0.15) is 34.9 Å². The molecule has 1 aliphatic carbocycles. The average molecular weight is 316 g/mol. The Morgan fingerprint density at radius 3 is 2.83 bits per heavy atom. The van der Waals surface area contributed by atoms with Gasteiger partial charge in [0.2, 0.25) is 0 Å². The number of hydrogen-bond donors (Lipinski definition) is 0. The number of hydrogen-bond acceptors (Lipinski definition) is 4. The first-order valence-electron chi connectivity index (χ1n) is 7.45. The molecule has 0 saturated carbocycles. The molecule has 0 spiro atoms. The van der Waals surface area contributed by atoms with Gasteiger partial charge >= 0.3 is 0 Å². The van der Waals surface area contributed by atoms with E-state index in [1.165, 1.54) is 18.2 Å². The van der Waals surface area contributed by atoms with Crippen molar-refractivity contribution in [2.75, 3.05) is 20.3 Å². The number of allylic oxidation sites excluding steroid dienone is 4. The van der Waals surface area contributed by atoms with Crippen LogP contribution in [-0.4, -0.2) is 20.3 Å². The molecule has 0 atom stereocenters. The Balaban J connectivity index is 2.04. The quantitative estimate of drug-likeness (QED) is 0.789. The molecule has 1 aromatic heterocycles. The van der Waals surface area contributed by atoms with Crippen LogP contribution in [0.4, 0.5) is 4.39 Å². The van der Waals surface area contributed by atoms with E-state index in [9.17, 15) is 9.18 Å². The minimum atomic E-state index is -0.650. The molecule has 0 fully saturated rings. The summed E-state index contributed by atoms with van der Waals surface area (Å²) >= 11 is 0. The van der Waals surface area contributed by atoms with Gasteiger partial charge < -0.3 is 13.9 Å². The second kappa shape index (κ2) is 6.79. The summed E-state index contributed by atoms with van der Waals surface area (Å²) < 4.78 is 30.2. The Kier molecular flexibility index (Phi) is 4.57. The first kappa shape index (κ1) is 15.5. The van der Waals surface area contributed by atoms with E-state index in [-0.39, 0.29) is 11.0 Å². The highest BCUT2D eigenvalue weighted by molar-refractivity contribution is 5.81. The number of ether oxygens (including phenoxy) is 2. The van der Waals surface area contributed by atoms with Crippen LogP contribution >= 0.6 is 0 Å². The fraction of sp³-hybridized carbons (Fsp3) is 0.278. The molecule has 0 unspecified atom stereocenters. The summed E-state index contributed by atoms with van der Waals surface area (Å²) in [5.41, 5.74) is 0.614. The van der Waals surface area contributed by atoms with Gasteiger partial charge in [-0.15, -0.1) is 0 Å². The molecule has 5 heteroatoms. The van der Waals surface area contributed by atoms with E-state index in [1.807, 2.05) is 18.2 Å². The van der Waals surface area contributed by atoms with Gasteiger partial charge in [-0.05, 0) is 12.8 Å². The zero-order valence-electron chi connectivity index (χ0n) is 12.8. The summed E-state index contributed by atoms with van der Waals surface area (Å²) in [5, 5.41) is -0.0618. The molecule has 1 aliphatic rings. The van der Waals surface area contributed by atoms with Crippen LogP contribution in [0.15, 0.2) is 45.6 Å². The van der Waals surface area contributed by atoms with Crippen LogP contribution in [0.25, 0.3) is 16.5 Å². The van der Waals surface area contributed by atoms with Crippen molar-refractivity contribution >= 4 is 16.5 Å². The van der Waals surface area contributed by atoms with Crippen molar-refractivity contribution in [3.63, 3.8) is 0 Å². The minimum Gasteiger partial charge on any atom is -0.491 e. The highest BCUT2D eigenvalue weighted by Crippen LogP contribution is 2.27. The minimum absolute atomic E-state index is 0.0618. The van der Waals surface area contributed by atoms with Crippen LogP contribution in [0.3, 0.4) is 0 Å². The van der Waals surface area contributed by atoms with E-state index >= 15 is 0 Å². The Morgan fingerprint density at radius 2 is 2.09 bits per heavy atom. The maximum atomic E-state index is 14.2. The average Bonchev–Trinajstić information content (AvgIpc) is 2.55. The Morgan fingerprint density at radius 1 is 1.22 bits per heavy atom. The van der Waals surface area contributed by atoms with Gasteiger partial charge in [0, 0.05) is 30.9 Å². The molecule has 3 rings (SSSR count). The van der Waals surface area contributed by atoms with E-state index in [0.717, 1.165) is 18.4 Å². The SMILES string of the molecule is COCCOc1cc(F)c2c(=O)cc(C3=CCCC=C3)oc2c1. The molecule has 0 N–H and O–H groups in total. The molecular formula is C18H17FO4. The summed E-state index contributed by atoms with van der Waals surface area (Å²) in [6.45, 7) is 0.681. The van der Waals surface area contributed by atoms with Gasteiger partial charge in [0.15, 0.2) is 5.43 Å². The number of methoxy groups -OCH3 is 1. The van der Waals surface area contributed by atoms with Gasteiger partial charge in [0.25, 0.3) is 0 Å². The normalized spacial score (nSPS) is 14.1. The molecule has 0 bridgehead atoms. The molecule has 0 saturated heterocycles. The molecule has 0 aliphatic heterocycles. The van der Waals surface area contributed by atoms with Crippen molar-refractivity contribution in [2.24, 2.45) is 0 Å². The van der Waals surface area contributed by atoms with Crippen LogP contribution < -0.4 is 10.2 Å². The predicted molar refractivity (Wildman–Crippen MR) is 86.2 cm³/mol. The molecule has 2 aromatic rings. The van der Waals surface area contributed by atoms with Crippen molar-refractivity contribution < 1.29 is 18.3 Å². The number of benzene rings is 1. The highest BCUT2D eigenvalue weighted by Gasteiger charge is 2.14. The lowest BCUT2D eigenvalue weighted by molar-refractivity contribution is 0.146. The van der Waals surface area contributed by atoms with E-state index in [1.54, 1.807) is 7.11 Å². The fourth-order valence-electron chi connectivity index (χ4n) is 2.48. The van der Waals surface area contributed by atoms with Crippen LogP contribution in [0.2, 0.25) is 0 Å². The largest absolute Gasteiger partial charge is 0.491 e. The third kappa shape index (κ3) is 3.35. The van der Waals surface area contributed by atoms with Gasteiger partial charge in [-0.3, -0.25) is 4.79 Å².